The molecule has 0 amide bonds. The van der Waals surface area contributed by atoms with Gasteiger partial charge in [0.1, 0.15) is 0 Å². The van der Waals surface area contributed by atoms with Crippen LogP contribution in [-0.2, 0) is 4.79 Å². The van der Waals surface area contributed by atoms with Gasteiger partial charge in [-0.15, -0.1) is 0 Å². The number of ketones is 1. The molecule has 0 heterocycles. The summed E-state index contributed by atoms with van der Waals surface area (Å²) in [7, 11) is 0. The van der Waals surface area contributed by atoms with Crippen LogP contribution in [0.15, 0.2) is 0 Å². The monoisotopic (exact) mass is 157 g/mol. The van der Waals surface area contributed by atoms with Gasteiger partial charge < -0.3 is 0 Å². The third-order valence-electron chi connectivity index (χ3n) is 1.79. The van der Waals surface area contributed by atoms with Crippen LogP contribution in [0.3, 0.4) is 0 Å². The molecule has 0 spiro atoms. The number of hydrogen-bond donors (Lipinski definition) is 0. The van der Waals surface area contributed by atoms with Gasteiger partial charge in [-0.3, -0.25) is 4.79 Å². The number of hydrogen-bond acceptors (Lipinski definition) is 2. The largest absolute Gasteiger partial charge is 0.297 e. The van der Waals surface area contributed by atoms with Crippen molar-refractivity contribution in [1.82, 2.24) is 0 Å². The molecule has 1 fully saturated rings. The highest BCUT2D eigenvalue weighted by molar-refractivity contribution is 6.37. The number of carbonyl (C=O) groups excluding carboxylic acids is 1. The van der Waals surface area contributed by atoms with Gasteiger partial charge in [-0.2, -0.15) is 5.26 Å². The highest BCUT2D eigenvalue weighted by Crippen LogP contribution is 2.30. The number of carbonyl (C=O) groups is 1. The molecule has 10 heavy (non-hydrogen) atoms. The van der Waals surface area contributed by atoms with Crippen LogP contribution in [-0.4, -0.2) is 10.7 Å². The smallest absolute Gasteiger partial charge is 0.188 e. The first-order valence-corrected chi connectivity index (χ1v) is 3.70. The van der Waals surface area contributed by atoms with Crippen LogP contribution >= 0.6 is 11.6 Å². The van der Waals surface area contributed by atoms with Gasteiger partial charge >= 0.3 is 0 Å². The number of Topliss-reactive ketones (excluding diaryl/α,β-unsaturated/α-hetero) is 1. The molecule has 0 saturated heterocycles. The van der Waals surface area contributed by atoms with Gasteiger partial charge in [0.2, 0.25) is 0 Å². The third kappa shape index (κ3) is 1.15. The van der Waals surface area contributed by atoms with Crippen LogP contribution in [0.4, 0.5) is 0 Å². The minimum Gasteiger partial charge on any atom is -0.297 e. The van der Waals surface area contributed by atoms with Crippen LogP contribution < -0.4 is 0 Å². The quantitative estimate of drug-likeness (QED) is 0.502. The van der Waals surface area contributed by atoms with Crippen molar-refractivity contribution in [1.29, 1.82) is 5.26 Å². The summed E-state index contributed by atoms with van der Waals surface area (Å²) in [6, 6.07) is 1.85. The van der Waals surface area contributed by atoms with Crippen molar-refractivity contribution in [2.75, 3.05) is 0 Å². The van der Waals surface area contributed by atoms with Gasteiger partial charge in [-0.1, -0.05) is 11.6 Å². The van der Waals surface area contributed by atoms with Crippen molar-refractivity contribution in [2.45, 2.75) is 30.6 Å². The SMILES string of the molecule is N#CC1(Cl)CCCCC1=O. The molecule has 54 valence electrons. The van der Waals surface area contributed by atoms with Crippen molar-refractivity contribution >= 4 is 17.4 Å². The molecule has 0 aliphatic heterocycles. The van der Waals surface area contributed by atoms with Gasteiger partial charge in [0.25, 0.3) is 0 Å². The van der Waals surface area contributed by atoms with E-state index in [0.717, 1.165) is 12.8 Å². The molecule has 1 unspecified atom stereocenters. The number of rotatable bonds is 0. The van der Waals surface area contributed by atoms with Gasteiger partial charge in [0, 0.05) is 6.42 Å². The molecule has 1 rings (SSSR count). The van der Waals surface area contributed by atoms with Gasteiger partial charge in [0.05, 0.1) is 6.07 Å². The molecule has 0 radical (unpaired) electrons. The lowest BCUT2D eigenvalue weighted by Gasteiger charge is -2.21. The summed E-state index contributed by atoms with van der Waals surface area (Å²) in [5, 5.41) is 8.52. The molecule has 1 aliphatic carbocycles. The summed E-state index contributed by atoms with van der Waals surface area (Å²) >= 11 is 5.70. The Morgan fingerprint density at radius 3 is 2.70 bits per heavy atom. The molecular formula is C7H8ClNO. The van der Waals surface area contributed by atoms with Gasteiger partial charge in [-0.05, 0) is 19.3 Å². The fourth-order valence-corrected chi connectivity index (χ4v) is 1.34. The number of alkyl halides is 1. The Labute approximate surface area is 64.8 Å². The van der Waals surface area contributed by atoms with E-state index in [0.29, 0.717) is 12.8 Å². The summed E-state index contributed by atoms with van der Waals surface area (Å²) in [4.78, 5) is 9.81. The topological polar surface area (TPSA) is 40.9 Å². The molecule has 0 aromatic rings. The minimum absolute atomic E-state index is 0.108. The Morgan fingerprint density at radius 1 is 1.60 bits per heavy atom. The summed E-state index contributed by atoms with van der Waals surface area (Å²) < 4.78 is 0. The average Bonchev–Trinajstić information content (AvgIpc) is 1.96. The second kappa shape index (κ2) is 2.59. The molecule has 1 saturated carbocycles. The Balaban J connectivity index is 2.75. The molecule has 0 aromatic heterocycles. The van der Waals surface area contributed by atoms with E-state index < -0.39 is 4.87 Å². The third-order valence-corrected chi connectivity index (χ3v) is 2.28. The zero-order chi connectivity index (χ0) is 7.61. The van der Waals surface area contributed by atoms with Crippen molar-refractivity contribution in [3.8, 4) is 6.07 Å². The van der Waals surface area contributed by atoms with E-state index in [-0.39, 0.29) is 5.78 Å². The van der Waals surface area contributed by atoms with Crippen molar-refractivity contribution in [2.24, 2.45) is 0 Å². The highest BCUT2D eigenvalue weighted by Gasteiger charge is 2.37. The van der Waals surface area contributed by atoms with Crippen molar-refractivity contribution < 1.29 is 4.79 Å². The van der Waals surface area contributed by atoms with E-state index in [1.807, 2.05) is 6.07 Å². The number of nitriles is 1. The lowest BCUT2D eigenvalue weighted by molar-refractivity contribution is -0.121. The van der Waals surface area contributed by atoms with Crippen molar-refractivity contribution in [3.05, 3.63) is 0 Å². The Kier molecular flexibility index (Phi) is 1.96. The zero-order valence-corrected chi connectivity index (χ0v) is 6.32. The summed E-state index contributed by atoms with van der Waals surface area (Å²) in [5.41, 5.74) is 0. The van der Waals surface area contributed by atoms with E-state index in [2.05, 4.69) is 0 Å². The Hall–Kier alpha value is -0.550. The fourth-order valence-electron chi connectivity index (χ4n) is 1.11. The molecule has 0 bridgehead atoms. The average molecular weight is 158 g/mol. The highest BCUT2D eigenvalue weighted by atomic mass is 35.5. The lowest BCUT2D eigenvalue weighted by atomic mass is 9.88. The molecule has 3 heteroatoms. The van der Waals surface area contributed by atoms with Crippen LogP contribution in [0.2, 0.25) is 0 Å². The standard InChI is InChI=1S/C7H8ClNO/c8-7(5-9)4-2-1-3-6(7)10/h1-4H2. The van der Waals surface area contributed by atoms with E-state index >= 15 is 0 Å². The first-order valence-electron chi connectivity index (χ1n) is 3.32. The maximum atomic E-state index is 11.0. The first kappa shape index (κ1) is 7.56. The molecule has 1 atom stereocenters. The number of halogens is 1. The predicted octanol–water partition coefficient (Wildman–Crippen LogP) is 1.63. The lowest BCUT2D eigenvalue weighted by Crippen LogP contribution is -2.33. The Morgan fingerprint density at radius 2 is 2.30 bits per heavy atom. The van der Waals surface area contributed by atoms with Gasteiger partial charge in [0.15, 0.2) is 10.7 Å². The van der Waals surface area contributed by atoms with Crippen LogP contribution in [0.25, 0.3) is 0 Å². The maximum absolute atomic E-state index is 11.0. The summed E-state index contributed by atoms with van der Waals surface area (Å²) in [6.45, 7) is 0. The Bertz CT molecular complexity index is 196. The van der Waals surface area contributed by atoms with E-state index in [1.54, 1.807) is 0 Å². The summed E-state index contributed by atoms with van der Waals surface area (Å²) in [5.74, 6) is -0.108. The van der Waals surface area contributed by atoms with Crippen LogP contribution in [0.5, 0.6) is 0 Å². The van der Waals surface area contributed by atoms with E-state index in [1.165, 1.54) is 0 Å². The normalized spacial score (nSPS) is 33.4. The zero-order valence-electron chi connectivity index (χ0n) is 5.56. The number of nitrogens with zero attached hydrogens (tertiary/aromatic N) is 1. The van der Waals surface area contributed by atoms with Gasteiger partial charge in [-0.25, -0.2) is 0 Å². The molecule has 2 nitrogen and oxygen atoms in total. The van der Waals surface area contributed by atoms with Crippen molar-refractivity contribution in [3.63, 3.8) is 0 Å². The first-order chi connectivity index (χ1) is 4.69. The van der Waals surface area contributed by atoms with Crippen LogP contribution in [0, 0.1) is 11.3 Å². The molecular weight excluding hydrogens is 150 g/mol. The maximum Gasteiger partial charge on any atom is 0.188 e. The second-order valence-electron chi connectivity index (χ2n) is 2.54. The van der Waals surface area contributed by atoms with E-state index in [4.69, 9.17) is 16.9 Å². The van der Waals surface area contributed by atoms with E-state index in [9.17, 15) is 4.79 Å². The second-order valence-corrected chi connectivity index (χ2v) is 3.19. The van der Waals surface area contributed by atoms with Crippen LogP contribution in [0.1, 0.15) is 25.7 Å². The summed E-state index contributed by atoms with van der Waals surface area (Å²) in [6.07, 6.45) is 2.76. The molecule has 0 N–H and O–H groups in total. The molecule has 0 aromatic carbocycles. The minimum atomic E-state index is -1.18. The molecule has 1 aliphatic rings. The predicted molar refractivity (Wildman–Crippen MR) is 37.7 cm³/mol. The fraction of sp³-hybridized carbons (Fsp3) is 0.714.